The van der Waals surface area contributed by atoms with Crippen LogP contribution in [-0.4, -0.2) is 0 Å². The highest BCUT2D eigenvalue weighted by Gasteiger charge is 2.53. The lowest BCUT2D eigenvalue weighted by molar-refractivity contribution is 0.660. The van der Waals surface area contributed by atoms with E-state index in [9.17, 15) is 0 Å². The van der Waals surface area contributed by atoms with Gasteiger partial charge in [0.05, 0.1) is 22.5 Å². The lowest BCUT2D eigenvalue weighted by Gasteiger charge is -2.45. The Morgan fingerprint density at radius 2 is 0.707 bits per heavy atom. The molecule has 15 rings (SSSR count). The molecule has 1 spiro atoms. The largest absolute Gasteiger partial charge is 0.310 e. The molecular formula is C73H54N2. The van der Waals surface area contributed by atoms with E-state index in [1.54, 1.807) is 0 Å². The van der Waals surface area contributed by atoms with Gasteiger partial charge in [0.2, 0.25) is 0 Å². The van der Waals surface area contributed by atoms with E-state index in [4.69, 9.17) is 0 Å². The smallest absolute Gasteiger partial charge is 0.0755 e. The van der Waals surface area contributed by atoms with Crippen LogP contribution in [0, 0.1) is 0 Å². The summed E-state index contributed by atoms with van der Waals surface area (Å²) in [7, 11) is 0. The Hall–Kier alpha value is -8.98. The molecule has 0 N–H and O–H groups in total. The Bertz CT molecular complexity index is 3930. The molecule has 0 aromatic heterocycles. The second kappa shape index (κ2) is 16.0. The van der Waals surface area contributed by atoms with Crippen LogP contribution in [0.2, 0.25) is 0 Å². The van der Waals surface area contributed by atoms with Crippen molar-refractivity contribution in [1.29, 1.82) is 0 Å². The number of benzene rings is 11. The number of hydrogen-bond acceptors (Lipinski definition) is 2. The molecule has 11 aromatic carbocycles. The van der Waals surface area contributed by atoms with Gasteiger partial charge >= 0.3 is 0 Å². The van der Waals surface area contributed by atoms with Gasteiger partial charge < -0.3 is 9.80 Å². The summed E-state index contributed by atoms with van der Waals surface area (Å²) in [4.78, 5) is 5.06. The molecule has 1 heterocycles. The van der Waals surface area contributed by atoms with Crippen LogP contribution in [-0.2, 0) is 16.2 Å². The van der Waals surface area contributed by atoms with Gasteiger partial charge in [0.25, 0.3) is 0 Å². The van der Waals surface area contributed by atoms with Crippen molar-refractivity contribution < 1.29 is 0 Å². The molecule has 0 saturated carbocycles. The molecule has 356 valence electrons. The molecule has 1 aliphatic heterocycles. The Kier molecular flexibility index (Phi) is 9.30. The third-order valence-electron chi connectivity index (χ3n) is 17.4. The average molecular weight is 959 g/mol. The highest BCUT2D eigenvalue weighted by molar-refractivity contribution is 6.02. The lowest BCUT2D eigenvalue weighted by Crippen LogP contribution is -2.36. The summed E-state index contributed by atoms with van der Waals surface area (Å²) in [5.74, 6) is 0. The van der Waals surface area contributed by atoms with Crippen LogP contribution < -0.4 is 9.80 Å². The first-order valence-corrected chi connectivity index (χ1v) is 26.5. The van der Waals surface area contributed by atoms with Crippen molar-refractivity contribution in [2.75, 3.05) is 9.80 Å². The quantitative estimate of drug-likeness (QED) is 0.164. The SMILES string of the molecule is CC1(C)c2cc(-c3ccccc3)ccc2-c2ccc(N(c3ccc4c(c3)C(C)(C)c3cc(-c5ccccc5)ccc3-4)c3cccc4c3-c3ccccc3C43c4ccccc4N(c4ccccc4)c4ccccc43)cc21. The average Bonchev–Trinajstić information content (AvgIpc) is 4.18. The summed E-state index contributed by atoms with van der Waals surface area (Å²) in [6.45, 7) is 9.65. The van der Waals surface area contributed by atoms with Crippen molar-refractivity contribution in [2.45, 2.75) is 43.9 Å². The molecule has 11 aromatic rings. The van der Waals surface area contributed by atoms with E-state index < -0.39 is 5.41 Å². The number of hydrogen-bond donors (Lipinski definition) is 0. The Balaban J connectivity index is 0.965. The topological polar surface area (TPSA) is 6.48 Å². The molecule has 3 aliphatic carbocycles. The highest BCUT2D eigenvalue weighted by atomic mass is 15.2. The third-order valence-corrected chi connectivity index (χ3v) is 17.4. The predicted molar refractivity (Wildman–Crippen MR) is 313 cm³/mol. The van der Waals surface area contributed by atoms with Gasteiger partial charge in [-0.05, 0) is 161 Å². The molecule has 0 fully saturated rings. The van der Waals surface area contributed by atoms with Gasteiger partial charge in [-0.1, -0.05) is 216 Å². The van der Waals surface area contributed by atoms with Gasteiger partial charge in [-0.25, -0.2) is 0 Å². The maximum absolute atomic E-state index is 2.59. The van der Waals surface area contributed by atoms with Crippen LogP contribution in [0.3, 0.4) is 0 Å². The summed E-state index contributed by atoms with van der Waals surface area (Å²) >= 11 is 0. The zero-order valence-corrected chi connectivity index (χ0v) is 42.6. The summed E-state index contributed by atoms with van der Waals surface area (Å²) in [5.41, 5.74) is 29.2. The van der Waals surface area contributed by atoms with Crippen LogP contribution in [0.15, 0.2) is 255 Å². The van der Waals surface area contributed by atoms with E-state index in [0.717, 1.165) is 22.7 Å². The van der Waals surface area contributed by atoms with Crippen molar-refractivity contribution in [3.05, 3.63) is 299 Å². The predicted octanol–water partition coefficient (Wildman–Crippen LogP) is 19.2. The summed E-state index contributed by atoms with van der Waals surface area (Å²) in [6, 6.07) is 95.8. The van der Waals surface area contributed by atoms with Gasteiger partial charge in [0.15, 0.2) is 0 Å². The van der Waals surface area contributed by atoms with Crippen LogP contribution in [0.4, 0.5) is 34.1 Å². The number of anilines is 6. The zero-order chi connectivity index (χ0) is 50.2. The molecule has 0 bridgehead atoms. The summed E-state index contributed by atoms with van der Waals surface area (Å²) in [6.07, 6.45) is 0. The zero-order valence-electron chi connectivity index (χ0n) is 42.6. The lowest BCUT2D eigenvalue weighted by atomic mass is 9.64. The number of fused-ring (bicyclic) bond motifs is 15. The number of para-hydroxylation sites is 3. The van der Waals surface area contributed by atoms with Gasteiger partial charge in [-0.15, -0.1) is 0 Å². The van der Waals surface area contributed by atoms with Gasteiger partial charge in [-0.3, -0.25) is 0 Å². The molecule has 0 saturated heterocycles. The molecule has 4 aliphatic rings. The first-order chi connectivity index (χ1) is 36.7. The second-order valence-corrected chi connectivity index (χ2v) is 22.0. The minimum absolute atomic E-state index is 0.245. The molecule has 0 radical (unpaired) electrons. The Labute approximate surface area is 440 Å². The van der Waals surface area contributed by atoms with E-state index in [-0.39, 0.29) is 10.8 Å². The van der Waals surface area contributed by atoms with Gasteiger partial charge in [0.1, 0.15) is 0 Å². The van der Waals surface area contributed by atoms with E-state index in [1.165, 1.54) is 112 Å². The minimum Gasteiger partial charge on any atom is -0.310 e. The van der Waals surface area contributed by atoms with Crippen LogP contribution in [0.1, 0.15) is 72.2 Å². The van der Waals surface area contributed by atoms with Crippen LogP contribution in [0.25, 0.3) is 55.6 Å². The summed E-state index contributed by atoms with van der Waals surface area (Å²) < 4.78 is 0. The fraction of sp³-hybridized carbons (Fsp3) is 0.0959. The number of rotatable bonds is 6. The maximum Gasteiger partial charge on any atom is 0.0755 e. The molecule has 0 unspecified atom stereocenters. The highest BCUT2D eigenvalue weighted by Crippen LogP contribution is 2.66. The first kappa shape index (κ1) is 43.6. The Morgan fingerprint density at radius 3 is 1.23 bits per heavy atom. The molecule has 75 heavy (non-hydrogen) atoms. The number of nitrogens with zero attached hydrogens (tertiary/aromatic N) is 2. The van der Waals surface area contributed by atoms with Gasteiger partial charge in [-0.2, -0.15) is 0 Å². The standard InChI is InChI=1S/C73H54N2/c1-71(2)63-43-49(47-21-8-5-9-22-47)35-39-54(63)56-41-37-52(45-65(56)71)74(53-38-42-57-55-40-36-50(48-23-10-6-11-24-48)44-64(55)72(3,4)66(57)46-53)69-34-20-31-62-70(69)58-27-14-15-28-59(58)73(62)60-29-16-18-32-67(60)75(51-25-12-7-13-26-51)68-33-19-17-30-61(68)73/h5-46H,1-4H3. The van der Waals surface area contributed by atoms with Crippen LogP contribution in [0.5, 0.6) is 0 Å². The van der Waals surface area contributed by atoms with Crippen LogP contribution >= 0.6 is 0 Å². The van der Waals surface area contributed by atoms with E-state index in [2.05, 4.69) is 292 Å². The monoisotopic (exact) mass is 958 g/mol. The fourth-order valence-electron chi connectivity index (χ4n) is 14.0. The van der Waals surface area contributed by atoms with Crippen molar-refractivity contribution in [2.24, 2.45) is 0 Å². The van der Waals surface area contributed by atoms with Crippen molar-refractivity contribution in [3.63, 3.8) is 0 Å². The van der Waals surface area contributed by atoms with Crippen molar-refractivity contribution >= 4 is 34.1 Å². The first-order valence-electron chi connectivity index (χ1n) is 26.5. The van der Waals surface area contributed by atoms with E-state index in [0.29, 0.717) is 0 Å². The minimum atomic E-state index is -0.595. The molecule has 0 amide bonds. The third kappa shape index (κ3) is 6.08. The second-order valence-electron chi connectivity index (χ2n) is 22.0. The van der Waals surface area contributed by atoms with Crippen molar-refractivity contribution in [1.82, 2.24) is 0 Å². The van der Waals surface area contributed by atoms with Gasteiger partial charge in [0, 0.05) is 33.5 Å². The Morgan fingerprint density at radius 1 is 0.293 bits per heavy atom. The molecular weight excluding hydrogens is 905 g/mol. The molecule has 0 atom stereocenters. The fourth-order valence-corrected chi connectivity index (χ4v) is 14.0. The maximum atomic E-state index is 2.59. The normalized spacial score (nSPS) is 15.0. The molecule has 2 heteroatoms. The summed E-state index contributed by atoms with van der Waals surface area (Å²) in [5, 5.41) is 0. The molecule has 2 nitrogen and oxygen atoms in total. The van der Waals surface area contributed by atoms with Crippen molar-refractivity contribution in [3.8, 4) is 55.6 Å². The van der Waals surface area contributed by atoms with E-state index >= 15 is 0 Å². The van der Waals surface area contributed by atoms with E-state index in [1.807, 2.05) is 0 Å².